The van der Waals surface area contributed by atoms with Crippen LogP contribution in [0.4, 0.5) is 5.69 Å². The highest BCUT2D eigenvalue weighted by Gasteiger charge is 2.14. The number of carbonyl (C=O) groups excluding carboxylic acids is 1. The molecule has 5 nitrogen and oxygen atoms in total. The van der Waals surface area contributed by atoms with E-state index in [1.54, 1.807) is 36.4 Å². The van der Waals surface area contributed by atoms with Crippen LogP contribution < -0.4 is 19.5 Å². The standard InChI is InChI=1S/C15H11BrClNO4/c16-9-1-3-12(11(17)5-9)20-7-15(19)18-10-2-4-13-14(6-10)22-8-21-13/h1-6H,7-8H2,(H,18,19). The number of hydrogen-bond donors (Lipinski definition) is 1. The van der Waals surface area contributed by atoms with Crippen LogP contribution in [0.15, 0.2) is 40.9 Å². The molecule has 1 amide bonds. The van der Waals surface area contributed by atoms with Crippen molar-refractivity contribution < 1.29 is 19.0 Å². The molecule has 1 N–H and O–H groups in total. The van der Waals surface area contributed by atoms with Crippen LogP contribution in [0.1, 0.15) is 0 Å². The SMILES string of the molecule is O=C(COc1ccc(Br)cc1Cl)Nc1ccc2c(c1)OCO2. The average Bonchev–Trinajstić information content (AvgIpc) is 2.94. The number of carbonyl (C=O) groups is 1. The molecule has 2 aromatic carbocycles. The molecule has 1 aliphatic rings. The third kappa shape index (κ3) is 3.45. The Morgan fingerprint density at radius 3 is 2.86 bits per heavy atom. The van der Waals surface area contributed by atoms with Crippen molar-refractivity contribution >= 4 is 39.1 Å². The quantitative estimate of drug-likeness (QED) is 0.870. The number of rotatable bonds is 4. The van der Waals surface area contributed by atoms with E-state index in [1.165, 1.54) is 0 Å². The van der Waals surface area contributed by atoms with Gasteiger partial charge in [0.1, 0.15) is 5.75 Å². The first-order valence-corrected chi connectivity index (χ1v) is 7.56. The van der Waals surface area contributed by atoms with Gasteiger partial charge in [-0.15, -0.1) is 0 Å². The van der Waals surface area contributed by atoms with Gasteiger partial charge in [-0.1, -0.05) is 27.5 Å². The predicted molar refractivity (Wildman–Crippen MR) is 85.8 cm³/mol. The molecule has 2 aromatic rings. The number of benzene rings is 2. The lowest BCUT2D eigenvalue weighted by Crippen LogP contribution is -2.20. The second-order valence-electron chi connectivity index (χ2n) is 4.48. The van der Waals surface area contributed by atoms with Gasteiger partial charge in [-0.2, -0.15) is 0 Å². The highest BCUT2D eigenvalue weighted by Crippen LogP contribution is 2.34. The van der Waals surface area contributed by atoms with Crippen molar-refractivity contribution in [3.05, 3.63) is 45.9 Å². The number of ether oxygens (including phenoxy) is 3. The third-order valence-corrected chi connectivity index (χ3v) is 3.70. The average molecular weight is 385 g/mol. The van der Waals surface area contributed by atoms with Crippen LogP contribution in [0.5, 0.6) is 17.2 Å². The van der Waals surface area contributed by atoms with Crippen molar-refractivity contribution in [2.24, 2.45) is 0 Å². The second-order valence-corrected chi connectivity index (χ2v) is 5.80. The summed E-state index contributed by atoms with van der Waals surface area (Å²) in [6.07, 6.45) is 0. The normalized spacial score (nSPS) is 12.1. The molecule has 0 radical (unpaired) electrons. The monoisotopic (exact) mass is 383 g/mol. The number of nitrogens with one attached hydrogen (secondary N) is 1. The van der Waals surface area contributed by atoms with E-state index in [1.807, 2.05) is 0 Å². The van der Waals surface area contributed by atoms with Crippen LogP contribution in [-0.4, -0.2) is 19.3 Å². The highest BCUT2D eigenvalue weighted by molar-refractivity contribution is 9.10. The minimum Gasteiger partial charge on any atom is -0.482 e. The lowest BCUT2D eigenvalue weighted by Gasteiger charge is -2.09. The molecule has 7 heteroatoms. The summed E-state index contributed by atoms with van der Waals surface area (Å²) in [6.45, 7) is 0.0493. The van der Waals surface area contributed by atoms with E-state index in [2.05, 4.69) is 21.2 Å². The fourth-order valence-electron chi connectivity index (χ4n) is 1.91. The zero-order valence-corrected chi connectivity index (χ0v) is 13.6. The Morgan fingerprint density at radius 2 is 2.05 bits per heavy atom. The van der Waals surface area contributed by atoms with E-state index in [0.29, 0.717) is 28.0 Å². The molecule has 114 valence electrons. The number of fused-ring (bicyclic) bond motifs is 1. The lowest BCUT2D eigenvalue weighted by atomic mass is 10.3. The maximum absolute atomic E-state index is 11.9. The summed E-state index contributed by atoms with van der Waals surface area (Å²) in [5.41, 5.74) is 0.611. The van der Waals surface area contributed by atoms with Crippen molar-refractivity contribution in [3.8, 4) is 17.2 Å². The summed E-state index contributed by atoms with van der Waals surface area (Å²) in [5, 5.41) is 3.16. The van der Waals surface area contributed by atoms with Crippen molar-refractivity contribution in [1.29, 1.82) is 0 Å². The molecule has 1 aliphatic heterocycles. The number of hydrogen-bond acceptors (Lipinski definition) is 4. The Bertz CT molecular complexity index is 723. The molecule has 3 rings (SSSR count). The van der Waals surface area contributed by atoms with Crippen LogP contribution in [0.2, 0.25) is 5.02 Å². The Morgan fingerprint density at radius 1 is 1.23 bits per heavy atom. The van der Waals surface area contributed by atoms with Gasteiger partial charge in [0.05, 0.1) is 5.02 Å². The molecule has 0 bridgehead atoms. The topological polar surface area (TPSA) is 56.8 Å². The summed E-state index contributed by atoms with van der Waals surface area (Å²) >= 11 is 9.32. The second kappa shape index (κ2) is 6.46. The molecule has 0 aliphatic carbocycles. The number of anilines is 1. The van der Waals surface area contributed by atoms with Gasteiger partial charge in [-0.05, 0) is 30.3 Å². The van der Waals surface area contributed by atoms with Crippen molar-refractivity contribution in [2.75, 3.05) is 18.7 Å². The molecule has 0 aromatic heterocycles. The Balaban J connectivity index is 1.58. The molecular formula is C15H11BrClNO4. The van der Waals surface area contributed by atoms with Gasteiger partial charge in [0.25, 0.3) is 5.91 Å². The first kappa shape index (κ1) is 15.0. The van der Waals surface area contributed by atoms with E-state index < -0.39 is 0 Å². The maximum atomic E-state index is 11.9. The largest absolute Gasteiger partial charge is 0.482 e. The smallest absolute Gasteiger partial charge is 0.262 e. The van der Waals surface area contributed by atoms with E-state index in [9.17, 15) is 4.79 Å². The molecule has 0 fully saturated rings. The zero-order chi connectivity index (χ0) is 15.5. The van der Waals surface area contributed by atoms with Crippen LogP contribution in [0.3, 0.4) is 0 Å². The highest BCUT2D eigenvalue weighted by atomic mass is 79.9. The lowest BCUT2D eigenvalue weighted by molar-refractivity contribution is -0.118. The van der Waals surface area contributed by atoms with Gasteiger partial charge in [0.2, 0.25) is 6.79 Å². The minimum absolute atomic E-state index is 0.143. The Kier molecular flexibility index (Phi) is 4.40. The van der Waals surface area contributed by atoms with Crippen LogP contribution in [0, 0.1) is 0 Å². The summed E-state index contributed by atoms with van der Waals surface area (Å²) in [7, 11) is 0. The van der Waals surface area contributed by atoms with E-state index in [0.717, 1.165) is 4.47 Å². The summed E-state index contributed by atoms with van der Waals surface area (Å²) in [4.78, 5) is 11.9. The fourth-order valence-corrected chi connectivity index (χ4v) is 2.63. The van der Waals surface area contributed by atoms with Gasteiger partial charge >= 0.3 is 0 Å². The van der Waals surface area contributed by atoms with Crippen LogP contribution in [0.25, 0.3) is 0 Å². The van der Waals surface area contributed by atoms with Gasteiger partial charge in [0.15, 0.2) is 18.1 Å². The van der Waals surface area contributed by atoms with Gasteiger partial charge < -0.3 is 19.5 Å². The van der Waals surface area contributed by atoms with Gasteiger partial charge in [-0.3, -0.25) is 4.79 Å². The van der Waals surface area contributed by atoms with Gasteiger partial charge in [0, 0.05) is 16.2 Å². The Labute approximate surface area is 140 Å². The van der Waals surface area contributed by atoms with Crippen LogP contribution >= 0.6 is 27.5 Å². The number of halogens is 2. The predicted octanol–water partition coefficient (Wildman–Crippen LogP) is 3.85. The van der Waals surface area contributed by atoms with Crippen molar-refractivity contribution in [2.45, 2.75) is 0 Å². The van der Waals surface area contributed by atoms with E-state index in [-0.39, 0.29) is 19.3 Å². The first-order chi connectivity index (χ1) is 10.6. The molecule has 0 atom stereocenters. The maximum Gasteiger partial charge on any atom is 0.262 e. The summed E-state index contributed by atoms with van der Waals surface area (Å²) < 4.78 is 16.7. The molecule has 0 unspecified atom stereocenters. The number of amides is 1. The van der Waals surface area contributed by atoms with Crippen LogP contribution in [-0.2, 0) is 4.79 Å². The van der Waals surface area contributed by atoms with E-state index in [4.69, 9.17) is 25.8 Å². The van der Waals surface area contributed by atoms with E-state index >= 15 is 0 Å². The molecular weight excluding hydrogens is 374 g/mol. The third-order valence-electron chi connectivity index (χ3n) is 2.91. The molecule has 22 heavy (non-hydrogen) atoms. The van der Waals surface area contributed by atoms with Crippen molar-refractivity contribution in [3.63, 3.8) is 0 Å². The zero-order valence-electron chi connectivity index (χ0n) is 11.3. The fraction of sp³-hybridized carbons (Fsp3) is 0.133. The molecule has 0 spiro atoms. The first-order valence-electron chi connectivity index (χ1n) is 6.39. The Hall–Kier alpha value is -1.92. The minimum atomic E-state index is -0.294. The summed E-state index contributed by atoms with van der Waals surface area (Å²) in [6, 6.07) is 10.4. The molecule has 1 heterocycles. The van der Waals surface area contributed by atoms with Gasteiger partial charge in [-0.25, -0.2) is 0 Å². The molecule has 0 saturated heterocycles. The molecule has 0 saturated carbocycles. The van der Waals surface area contributed by atoms with Crippen molar-refractivity contribution in [1.82, 2.24) is 0 Å². The summed E-state index contributed by atoms with van der Waals surface area (Å²) in [5.74, 6) is 1.43.